The summed E-state index contributed by atoms with van der Waals surface area (Å²) in [5, 5.41) is 10.7. The Bertz CT molecular complexity index is 2960. The molecule has 0 atom stereocenters. The molecule has 1 heteroatoms. The molecular weight excluding hydrogens is 645 g/mol. The number of benzene rings is 8. The Labute approximate surface area is 308 Å². The summed E-state index contributed by atoms with van der Waals surface area (Å²) in [6, 6.07) is 53.0. The Balaban J connectivity index is 1.14. The van der Waals surface area contributed by atoms with E-state index >= 15 is 0 Å². The fraction of sp³-hybridized carbons (Fsp3) is 0.0980. The van der Waals surface area contributed by atoms with Gasteiger partial charge in [-0.15, -0.1) is 11.3 Å². The monoisotopic (exact) mass is 680 g/mol. The van der Waals surface area contributed by atoms with Crippen LogP contribution >= 0.6 is 11.3 Å². The van der Waals surface area contributed by atoms with Crippen LogP contribution in [0.4, 0.5) is 0 Å². The van der Waals surface area contributed by atoms with E-state index < -0.39 is 0 Å². The normalized spacial score (nSPS) is 14.8. The van der Waals surface area contributed by atoms with Gasteiger partial charge in [0.1, 0.15) is 0 Å². The first-order valence-corrected chi connectivity index (χ1v) is 19.3. The molecule has 0 unspecified atom stereocenters. The molecular formula is C51H36S. The van der Waals surface area contributed by atoms with E-state index in [1.54, 1.807) is 0 Å². The van der Waals surface area contributed by atoms with Crippen molar-refractivity contribution in [3.63, 3.8) is 0 Å². The van der Waals surface area contributed by atoms with Crippen LogP contribution in [0.5, 0.6) is 0 Å². The van der Waals surface area contributed by atoms with E-state index in [2.05, 4.69) is 172 Å². The van der Waals surface area contributed by atoms with Gasteiger partial charge in [0.25, 0.3) is 0 Å². The predicted octanol–water partition coefficient (Wildman–Crippen LogP) is 14.9. The number of hydrogen-bond acceptors (Lipinski definition) is 1. The van der Waals surface area contributed by atoms with Crippen molar-refractivity contribution in [3.05, 3.63) is 174 Å². The maximum atomic E-state index is 2.50. The van der Waals surface area contributed by atoms with Crippen LogP contribution < -0.4 is 0 Å². The number of thiophene rings is 1. The quantitative estimate of drug-likeness (QED) is 0.163. The zero-order valence-corrected chi connectivity index (χ0v) is 30.2. The van der Waals surface area contributed by atoms with Crippen molar-refractivity contribution < 1.29 is 0 Å². The molecule has 0 radical (unpaired) electrons. The van der Waals surface area contributed by atoms with Crippen LogP contribution in [-0.2, 0) is 5.41 Å². The van der Waals surface area contributed by atoms with Crippen molar-refractivity contribution in [3.8, 4) is 33.4 Å². The van der Waals surface area contributed by atoms with Crippen molar-refractivity contribution in [1.29, 1.82) is 0 Å². The summed E-state index contributed by atoms with van der Waals surface area (Å²) in [5.74, 6) is 0. The van der Waals surface area contributed by atoms with Gasteiger partial charge in [-0.25, -0.2) is 0 Å². The zero-order chi connectivity index (χ0) is 34.6. The topological polar surface area (TPSA) is 0 Å². The molecule has 0 fully saturated rings. The highest BCUT2D eigenvalue weighted by Gasteiger charge is 2.38. The van der Waals surface area contributed by atoms with Crippen molar-refractivity contribution in [1.82, 2.24) is 0 Å². The van der Waals surface area contributed by atoms with Gasteiger partial charge in [0, 0.05) is 25.6 Å². The van der Waals surface area contributed by atoms with Crippen LogP contribution in [-0.4, -0.2) is 0 Å². The molecule has 8 aromatic carbocycles. The predicted molar refractivity (Wildman–Crippen MR) is 227 cm³/mol. The third-order valence-electron chi connectivity index (χ3n) is 11.9. The smallest absolute Gasteiger partial charge is 0.0361 e. The second kappa shape index (κ2) is 11.1. The van der Waals surface area contributed by atoms with E-state index in [0.29, 0.717) is 0 Å². The molecule has 246 valence electrons. The van der Waals surface area contributed by atoms with Crippen LogP contribution in [0, 0.1) is 0 Å². The number of allylic oxidation sites excluding steroid dienone is 4. The van der Waals surface area contributed by atoms with E-state index in [4.69, 9.17) is 0 Å². The molecule has 0 saturated heterocycles. The second-order valence-corrected chi connectivity index (χ2v) is 16.2. The fourth-order valence-electron chi connectivity index (χ4n) is 9.55. The van der Waals surface area contributed by atoms with Gasteiger partial charge < -0.3 is 0 Å². The third kappa shape index (κ3) is 4.21. The van der Waals surface area contributed by atoms with Crippen LogP contribution in [0.3, 0.4) is 0 Å². The summed E-state index contributed by atoms with van der Waals surface area (Å²) in [4.78, 5) is 0. The van der Waals surface area contributed by atoms with E-state index in [-0.39, 0.29) is 5.41 Å². The molecule has 11 rings (SSSR count). The van der Waals surface area contributed by atoms with Gasteiger partial charge in [0.2, 0.25) is 0 Å². The lowest BCUT2D eigenvalue weighted by Crippen LogP contribution is -2.15. The Morgan fingerprint density at radius 2 is 1.13 bits per heavy atom. The lowest BCUT2D eigenvalue weighted by molar-refractivity contribution is 0.667. The summed E-state index contributed by atoms with van der Waals surface area (Å²) in [6.07, 6.45) is 8.93. The first kappa shape index (κ1) is 29.9. The van der Waals surface area contributed by atoms with Gasteiger partial charge in [0.15, 0.2) is 0 Å². The average molecular weight is 681 g/mol. The molecule has 0 N–H and O–H groups in total. The van der Waals surface area contributed by atoms with Crippen molar-refractivity contribution in [2.75, 3.05) is 0 Å². The molecule has 1 aromatic heterocycles. The Kier molecular flexibility index (Phi) is 6.40. The zero-order valence-electron chi connectivity index (χ0n) is 29.3. The largest absolute Gasteiger partial charge is 0.135 e. The highest BCUT2D eigenvalue weighted by Crippen LogP contribution is 2.55. The molecule has 1 heterocycles. The Morgan fingerprint density at radius 1 is 0.519 bits per heavy atom. The summed E-state index contributed by atoms with van der Waals surface area (Å²) in [5.41, 5.74) is 13.3. The standard InChI is InChI=1S/C51H36S/c1-51(2)43-28-25-35(30-42(43)40-27-24-34-26-29-45-49(48(34)50(40)51)41-18-10-11-19-44(41)52-45)47-38-16-8-6-14-36(38)46(37-15-7-9-17-39(37)47)33-22-20-32(21-23-33)31-12-4-3-5-13-31/h3-4,6-12,14-30H,5,13H2,1-2H3. The highest BCUT2D eigenvalue weighted by molar-refractivity contribution is 7.26. The van der Waals surface area contributed by atoms with Gasteiger partial charge in [-0.2, -0.15) is 0 Å². The summed E-state index contributed by atoms with van der Waals surface area (Å²) < 4.78 is 2.72. The van der Waals surface area contributed by atoms with Crippen molar-refractivity contribution in [2.24, 2.45) is 0 Å². The molecule has 0 saturated carbocycles. The molecule has 52 heavy (non-hydrogen) atoms. The third-order valence-corrected chi connectivity index (χ3v) is 13.0. The highest BCUT2D eigenvalue weighted by atomic mass is 32.1. The first-order chi connectivity index (χ1) is 25.6. The lowest BCUT2D eigenvalue weighted by Gasteiger charge is -2.24. The minimum atomic E-state index is -0.135. The Hall–Kier alpha value is -5.76. The lowest BCUT2D eigenvalue weighted by atomic mass is 9.79. The molecule has 0 amide bonds. The van der Waals surface area contributed by atoms with Gasteiger partial charge in [0.05, 0.1) is 0 Å². The molecule has 0 spiro atoms. The van der Waals surface area contributed by atoms with Crippen LogP contribution in [0.15, 0.2) is 158 Å². The first-order valence-electron chi connectivity index (χ1n) is 18.5. The molecule has 0 aliphatic heterocycles. The SMILES string of the molecule is CC1(C)c2ccc(-c3c4ccccc4c(-c4ccc(C5=CC=CCC5)cc4)c4ccccc34)cc2-c2ccc3ccc4sc5ccccc5c4c3c21. The molecule has 0 nitrogen and oxygen atoms in total. The summed E-state index contributed by atoms with van der Waals surface area (Å²) in [7, 11) is 0. The number of fused-ring (bicyclic) bond motifs is 11. The second-order valence-electron chi connectivity index (χ2n) is 15.1. The fourth-order valence-corrected chi connectivity index (χ4v) is 10.7. The van der Waals surface area contributed by atoms with Crippen molar-refractivity contribution in [2.45, 2.75) is 32.1 Å². The maximum Gasteiger partial charge on any atom is 0.0361 e. The van der Waals surface area contributed by atoms with E-state index in [1.807, 2.05) is 11.3 Å². The molecule has 2 aliphatic rings. The van der Waals surface area contributed by atoms with Gasteiger partial charge in [-0.1, -0.05) is 153 Å². The van der Waals surface area contributed by atoms with E-state index in [0.717, 1.165) is 12.8 Å². The van der Waals surface area contributed by atoms with E-state index in [1.165, 1.54) is 108 Å². The van der Waals surface area contributed by atoms with Gasteiger partial charge in [-0.05, 0) is 119 Å². The van der Waals surface area contributed by atoms with Gasteiger partial charge in [-0.3, -0.25) is 0 Å². The maximum absolute atomic E-state index is 2.50. The average Bonchev–Trinajstić information content (AvgIpc) is 3.69. The Morgan fingerprint density at radius 3 is 1.83 bits per heavy atom. The number of hydrogen-bond donors (Lipinski definition) is 0. The van der Waals surface area contributed by atoms with Crippen LogP contribution in [0.1, 0.15) is 43.4 Å². The molecule has 2 aliphatic carbocycles. The van der Waals surface area contributed by atoms with E-state index in [9.17, 15) is 0 Å². The van der Waals surface area contributed by atoms with Crippen LogP contribution in [0.25, 0.3) is 91.4 Å². The van der Waals surface area contributed by atoms with Crippen molar-refractivity contribution >= 4 is 69.4 Å². The molecule has 9 aromatic rings. The van der Waals surface area contributed by atoms with Crippen LogP contribution in [0.2, 0.25) is 0 Å². The summed E-state index contributed by atoms with van der Waals surface area (Å²) >= 11 is 1.91. The molecule has 0 bridgehead atoms. The number of rotatable bonds is 3. The summed E-state index contributed by atoms with van der Waals surface area (Å²) in [6.45, 7) is 4.85. The minimum absolute atomic E-state index is 0.135. The minimum Gasteiger partial charge on any atom is -0.135 e. The van der Waals surface area contributed by atoms with Gasteiger partial charge >= 0.3 is 0 Å².